The maximum atomic E-state index is 10.7. The molecule has 0 unspecified atom stereocenters. The van der Waals surface area contributed by atoms with Gasteiger partial charge in [0.25, 0.3) is 0 Å². The van der Waals surface area contributed by atoms with Crippen LogP contribution in [0.15, 0.2) is 30.3 Å². The van der Waals surface area contributed by atoms with E-state index in [0.717, 1.165) is 5.56 Å². The first kappa shape index (κ1) is 11.1. The normalized spacial score (nSPS) is 14.7. The van der Waals surface area contributed by atoms with Gasteiger partial charge in [-0.1, -0.05) is 30.3 Å². The molecule has 0 saturated heterocycles. The molecule has 0 bridgehead atoms. The van der Waals surface area contributed by atoms with Crippen LogP contribution < -0.4 is 0 Å². The molecule has 0 heterocycles. The third-order valence-electron chi connectivity index (χ3n) is 2.17. The second-order valence-electron chi connectivity index (χ2n) is 3.49. The van der Waals surface area contributed by atoms with Gasteiger partial charge in [-0.3, -0.25) is 4.79 Å². The van der Waals surface area contributed by atoms with Crippen LogP contribution in [0.4, 0.5) is 0 Å². The summed E-state index contributed by atoms with van der Waals surface area (Å²) in [6, 6.07) is 9.73. The van der Waals surface area contributed by atoms with Crippen LogP contribution in [0.5, 0.6) is 0 Å². The molecule has 0 aliphatic heterocycles. The third-order valence-corrected chi connectivity index (χ3v) is 2.52. The molecule has 0 fully saturated rings. The van der Waals surface area contributed by atoms with Crippen molar-refractivity contribution in [3.8, 4) is 0 Å². The molecule has 0 aliphatic carbocycles. The minimum absolute atomic E-state index is 0.438. The molecular weight excluding hydrogens is 200 g/mol. The molecule has 0 amide bonds. The van der Waals surface area contributed by atoms with Gasteiger partial charge in [0.05, 0.1) is 0 Å². The Morgan fingerprint density at radius 3 is 2.50 bits per heavy atom. The second-order valence-corrected chi connectivity index (χ2v) is 4.32. The molecule has 1 rings (SSSR count). The highest BCUT2D eigenvalue weighted by Gasteiger charge is 2.29. The van der Waals surface area contributed by atoms with E-state index < -0.39 is 10.8 Å². The topological polar surface area (TPSA) is 37.3 Å². The maximum absolute atomic E-state index is 10.7. The van der Waals surface area contributed by atoms with E-state index in [-0.39, 0.29) is 0 Å². The first-order valence-electron chi connectivity index (χ1n) is 4.48. The lowest BCUT2D eigenvalue weighted by atomic mass is 10.0. The summed E-state index contributed by atoms with van der Waals surface area (Å²) in [6.45, 7) is 1.53. The van der Waals surface area contributed by atoms with Crippen LogP contribution in [-0.2, 0) is 11.2 Å². The van der Waals surface area contributed by atoms with Crippen LogP contribution in [-0.4, -0.2) is 16.0 Å². The van der Waals surface area contributed by atoms with Crippen LogP contribution >= 0.6 is 11.6 Å². The predicted octanol–water partition coefficient (Wildman–Crippen LogP) is 2.70. The molecule has 0 aromatic heterocycles. The first-order chi connectivity index (χ1) is 6.52. The van der Waals surface area contributed by atoms with Crippen molar-refractivity contribution < 1.29 is 9.90 Å². The zero-order valence-electron chi connectivity index (χ0n) is 8.03. The molecule has 0 spiro atoms. The van der Waals surface area contributed by atoms with Crippen molar-refractivity contribution >= 4 is 17.6 Å². The Kier molecular flexibility index (Phi) is 3.53. The highest BCUT2D eigenvalue weighted by molar-refractivity contribution is 6.33. The van der Waals surface area contributed by atoms with Crippen molar-refractivity contribution in [3.63, 3.8) is 0 Å². The van der Waals surface area contributed by atoms with E-state index in [1.54, 1.807) is 0 Å². The molecule has 1 aromatic carbocycles. The van der Waals surface area contributed by atoms with Gasteiger partial charge in [-0.05, 0) is 25.3 Å². The number of hydrogen-bond donors (Lipinski definition) is 1. The largest absolute Gasteiger partial charge is 0.480 e. The standard InChI is InChI=1S/C11H13ClO2/c1-11(12,10(13)14)8-7-9-5-3-2-4-6-9/h2-6H,7-8H2,1H3,(H,13,14)/t11-/m1/s1. The average Bonchev–Trinajstić information content (AvgIpc) is 2.16. The fourth-order valence-electron chi connectivity index (χ4n) is 1.13. The predicted molar refractivity (Wildman–Crippen MR) is 56.7 cm³/mol. The van der Waals surface area contributed by atoms with Crippen molar-refractivity contribution in [2.24, 2.45) is 0 Å². The van der Waals surface area contributed by atoms with Crippen LogP contribution in [0, 0.1) is 0 Å². The quantitative estimate of drug-likeness (QED) is 0.780. The lowest BCUT2D eigenvalue weighted by Gasteiger charge is -2.15. The molecule has 0 saturated carbocycles. The average molecular weight is 213 g/mol. The van der Waals surface area contributed by atoms with Crippen LogP contribution in [0.2, 0.25) is 0 Å². The fourth-order valence-corrected chi connectivity index (χ4v) is 1.23. The zero-order chi connectivity index (χ0) is 10.6. The monoisotopic (exact) mass is 212 g/mol. The van der Waals surface area contributed by atoms with Gasteiger partial charge in [0, 0.05) is 0 Å². The number of carboxylic acid groups (broad SMARTS) is 1. The molecule has 0 radical (unpaired) electrons. The van der Waals surface area contributed by atoms with Gasteiger partial charge in [-0.15, -0.1) is 11.6 Å². The van der Waals surface area contributed by atoms with Gasteiger partial charge >= 0.3 is 5.97 Å². The Bertz CT molecular complexity index is 306. The van der Waals surface area contributed by atoms with Gasteiger partial charge in [0.15, 0.2) is 0 Å². The number of rotatable bonds is 4. The molecule has 14 heavy (non-hydrogen) atoms. The summed E-state index contributed by atoms with van der Waals surface area (Å²) in [5, 5.41) is 8.79. The number of halogens is 1. The van der Waals surface area contributed by atoms with Crippen molar-refractivity contribution in [2.45, 2.75) is 24.6 Å². The highest BCUT2D eigenvalue weighted by Crippen LogP contribution is 2.21. The molecule has 1 N–H and O–H groups in total. The Morgan fingerprint density at radius 1 is 1.43 bits per heavy atom. The number of aliphatic carboxylic acids is 1. The van der Waals surface area contributed by atoms with Crippen LogP contribution in [0.1, 0.15) is 18.9 Å². The zero-order valence-corrected chi connectivity index (χ0v) is 8.79. The summed E-state index contributed by atoms with van der Waals surface area (Å²) < 4.78 is 0. The van der Waals surface area contributed by atoms with E-state index in [1.165, 1.54) is 6.92 Å². The Balaban J connectivity index is 2.53. The van der Waals surface area contributed by atoms with Gasteiger partial charge < -0.3 is 5.11 Å². The lowest BCUT2D eigenvalue weighted by Crippen LogP contribution is -2.28. The number of alkyl halides is 1. The Morgan fingerprint density at radius 2 is 2.00 bits per heavy atom. The molecule has 76 valence electrons. The van der Waals surface area contributed by atoms with Gasteiger partial charge in [-0.25, -0.2) is 0 Å². The van der Waals surface area contributed by atoms with Gasteiger partial charge in [0.2, 0.25) is 0 Å². The van der Waals surface area contributed by atoms with E-state index in [9.17, 15) is 4.79 Å². The maximum Gasteiger partial charge on any atom is 0.324 e. The van der Waals surface area contributed by atoms with Crippen molar-refractivity contribution in [1.29, 1.82) is 0 Å². The molecular formula is C11H13ClO2. The third kappa shape index (κ3) is 3.04. The highest BCUT2D eigenvalue weighted by atomic mass is 35.5. The number of carbonyl (C=O) groups is 1. The van der Waals surface area contributed by atoms with E-state index in [4.69, 9.17) is 16.7 Å². The fraction of sp³-hybridized carbons (Fsp3) is 0.364. The Labute approximate surface area is 88.5 Å². The van der Waals surface area contributed by atoms with Gasteiger partial charge in [-0.2, -0.15) is 0 Å². The summed E-state index contributed by atoms with van der Waals surface area (Å²) in [4.78, 5) is 9.55. The summed E-state index contributed by atoms with van der Waals surface area (Å²) in [5.41, 5.74) is 1.11. The lowest BCUT2D eigenvalue weighted by molar-refractivity contribution is -0.139. The summed E-state index contributed by atoms with van der Waals surface area (Å²) >= 11 is 5.82. The smallest absolute Gasteiger partial charge is 0.324 e. The van der Waals surface area contributed by atoms with E-state index in [1.807, 2.05) is 30.3 Å². The Hall–Kier alpha value is -1.02. The van der Waals surface area contributed by atoms with Crippen LogP contribution in [0.3, 0.4) is 0 Å². The molecule has 3 heteroatoms. The molecule has 1 aromatic rings. The minimum atomic E-state index is -1.16. The van der Waals surface area contributed by atoms with E-state index in [2.05, 4.69) is 0 Å². The van der Waals surface area contributed by atoms with Crippen molar-refractivity contribution in [3.05, 3.63) is 35.9 Å². The number of hydrogen-bond acceptors (Lipinski definition) is 1. The second kappa shape index (κ2) is 4.47. The number of aryl methyl sites for hydroxylation is 1. The van der Waals surface area contributed by atoms with Crippen molar-refractivity contribution in [1.82, 2.24) is 0 Å². The van der Waals surface area contributed by atoms with E-state index in [0.29, 0.717) is 12.8 Å². The summed E-state index contributed by atoms with van der Waals surface area (Å²) in [7, 11) is 0. The molecule has 1 atom stereocenters. The van der Waals surface area contributed by atoms with Crippen molar-refractivity contribution in [2.75, 3.05) is 0 Å². The SMILES string of the molecule is C[C@@](Cl)(CCc1ccccc1)C(=O)O. The first-order valence-corrected chi connectivity index (χ1v) is 4.86. The summed E-state index contributed by atoms with van der Waals surface area (Å²) in [6.07, 6.45) is 1.13. The number of benzene rings is 1. The van der Waals surface area contributed by atoms with Gasteiger partial charge in [0.1, 0.15) is 4.87 Å². The molecule has 0 aliphatic rings. The minimum Gasteiger partial charge on any atom is -0.480 e. The summed E-state index contributed by atoms with van der Waals surface area (Å²) in [5.74, 6) is -0.963. The molecule has 2 nitrogen and oxygen atoms in total. The number of carboxylic acids is 1. The van der Waals surface area contributed by atoms with E-state index >= 15 is 0 Å². The van der Waals surface area contributed by atoms with Crippen LogP contribution in [0.25, 0.3) is 0 Å².